The van der Waals surface area contributed by atoms with Gasteiger partial charge in [0, 0.05) is 5.57 Å². The fraction of sp³-hybridized carbons (Fsp3) is 0.250. The van der Waals surface area contributed by atoms with Crippen molar-refractivity contribution >= 4 is 23.4 Å². The van der Waals surface area contributed by atoms with Gasteiger partial charge in [0.25, 0.3) is 0 Å². The number of ether oxygens (including phenoxy) is 2. The van der Waals surface area contributed by atoms with Gasteiger partial charge in [-0.05, 0) is 48.9 Å². The molecular weight excluding hydrogens is 366 g/mol. The fourth-order valence-corrected chi connectivity index (χ4v) is 3.25. The summed E-state index contributed by atoms with van der Waals surface area (Å²) in [6.45, 7) is 5.63. The number of carbonyl (C=O) groups is 2. The average molecular weight is 389 g/mol. The molecule has 0 spiro atoms. The van der Waals surface area contributed by atoms with Crippen molar-refractivity contribution in [2.24, 2.45) is 4.99 Å². The monoisotopic (exact) mass is 389 g/mol. The first-order valence-corrected chi connectivity index (χ1v) is 9.23. The Labute approximate surface area is 170 Å². The second-order valence-electron chi connectivity index (χ2n) is 7.59. The molecule has 0 N–H and O–H groups in total. The molecule has 5 heteroatoms. The molecule has 1 aliphatic rings. The summed E-state index contributed by atoms with van der Waals surface area (Å²) < 4.78 is 10.0. The van der Waals surface area contributed by atoms with Gasteiger partial charge in [0.05, 0.1) is 25.3 Å². The normalized spacial score (nSPS) is 11.7. The van der Waals surface area contributed by atoms with Crippen LogP contribution in [0.5, 0.6) is 0 Å². The van der Waals surface area contributed by atoms with Crippen LogP contribution < -0.4 is 0 Å². The molecule has 2 aromatic rings. The maximum atomic E-state index is 12.9. The maximum absolute atomic E-state index is 12.9. The van der Waals surface area contributed by atoms with Crippen molar-refractivity contribution in [3.8, 4) is 11.1 Å². The topological polar surface area (TPSA) is 65.0 Å². The highest BCUT2D eigenvalue weighted by molar-refractivity contribution is 6.21. The number of nitrogens with zero attached hydrogens (tertiary/aromatic N) is 1. The van der Waals surface area contributed by atoms with Crippen molar-refractivity contribution in [2.75, 3.05) is 14.2 Å². The molecule has 2 aromatic carbocycles. The van der Waals surface area contributed by atoms with Crippen molar-refractivity contribution in [1.82, 2.24) is 0 Å². The van der Waals surface area contributed by atoms with Crippen LogP contribution in [0.3, 0.4) is 0 Å². The third kappa shape index (κ3) is 3.91. The number of hydrogen-bond acceptors (Lipinski definition) is 5. The Bertz CT molecular complexity index is 1030. The molecule has 0 aromatic heterocycles. The van der Waals surface area contributed by atoms with Gasteiger partial charge in [-0.2, -0.15) is 0 Å². The first-order chi connectivity index (χ1) is 13.8. The summed E-state index contributed by atoms with van der Waals surface area (Å²) in [5.74, 6) is 1.42. The molecule has 0 radical (unpaired) electrons. The quantitative estimate of drug-likeness (QED) is 0.382. The fourth-order valence-electron chi connectivity index (χ4n) is 3.25. The van der Waals surface area contributed by atoms with Crippen molar-refractivity contribution in [3.63, 3.8) is 0 Å². The van der Waals surface area contributed by atoms with Crippen LogP contribution in [-0.4, -0.2) is 37.6 Å². The van der Waals surface area contributed by atoms with Crippen molar-refractivity contribution < 1.29 is 19.1 Å². The summed E-state index contributed by atoms with van der Waals surface area (Å²) in [4.78, 5) is 29.9. The summed E-state index contributed by atoms with van der Waals surface area (Å²) in [6, 6.07) is 15.5. The Morgan fingerprint density at radius 3 is 1.66 bits per heavy atom. The highest BCUT2D eigenvalue weighted by Gasteiger charge is 2.33. The van der Waals surface area contributed by atoms with Crippen molar-refractivity contribution in [3.05, 3.63) is 70.8 Å². The van der Waals surface area contributed by atoms with E-state index in [0.717, 1.165) is 22.3 Å². The number of fused-ring (bicyclic) bond motifs is 3. The van der Waals surface area contributed by atoms with E-state index in [1.165, 1.54) is 14.2 Å². The number of methoxy groups -OCH3 is 2. The lowest BCUT2D eigenvalue weighted by Gasteiger charge is -2.13. The SMILES string of the molecule is COC(=O)C(=C=NC(C)(C)C)C(C(=O)OC)=C1c2ccccc2-c2ccccc21. The number of aliphatic imine (C=N–C) groups is 1. The minimum Gasteiger partial charge on any atom is -0.465 e. The first kappa shape index (κ1) is 20.3. The van der Waals surface area contributed by atoms with Gasteiger partial charge in [0.1, 0.15) is 5.57 Å². The Kier molecular flexibility index (Phi) is 5.53. The zero-order valence-corrected chi connectivity index (χ0v) is 17.2. The predicted molar refractivity (Wildman–Crippen MR) is 113 cm³/mol. The third-order valence-electron chi connectivity index (χ3n) is 4.47. The molecule has 0 aliphatic heterocycles. The molecule has 3 rings (SSSR count). The lowest BCUT2D eigenvalue weighted by Crippen LogP contribution is -2.18. The second kappa shape index (κ2) is 7.90. The molecule has 0 saturated carbocycles. The Hall–Kier alpha value is -3.43. The predicted octanol–water partition coefficient (Wildman–Crippen LogP) is 4.21. The number of hydrogen-bond donors (Lipinski definition) is 0. The van der Waals surface area contributed by atoms with Crippen LogP contribution in [0.15, 0.2) is 64.7 Å². The molecule has 0 bridgehead atoms. The summed E-state index contributed by atoms with van der Waals surface area (Å²) in [5.41, 5.74) is 3.80. The molecule has 148 valence electrons. The Morgan fingerprint density at radius 1 is 0.793 bits per heavy atom. The van der Waals surface area contributed by atoms with E-state index >= 15 is 0 Å². The molecule has 0 fully saturated rings. The molecular formula is C24H23NO4. The molecule has 5 nitrogen and oxygen atoms in total. The van der Waals surface area contributed by atoms with Crippen LogP contribution in [0, 0.1) is 0 Å². The lowest BCUT2D eigenvalue weighted by atomic mass is 9.93. The van der Waals surface area contributed by atoms with Gasteiger partial charge in [-0.3, -0.25) is 0 Å². The third-order valence-corrected chi connectivity index (χ3v) is 4.47. The van der Waals surface area contributed by atoms with E-state index in [1.54, 1.807) is 0 Å². The van der Waals surface area contributed by atoms with Crippen LogP contribution >= 0.6 is 0 Å². The van der Waals surface area contributed by atoms with E-state index in [2.05, 4.69) is 10.9 Å². The largest absolute Gasteiger partial charge is 0.465 e. The van der Waals surface area contributed by atoms with E-state index in [4.69, 9.17) is 9.47 Å². The van der Waals surface area contributed by atoms with Gasteiger partial charge in [-0.15, -0.1) is 0 Å². The molecule has 29 heavy (non-hydrogen) atoms. The number of carbonyl (C=O) groups excluding carboxylic acids is 2. The minimum atomic E-state index is -0.701. The lowest BCUT2D eigenvalue weighted by molar-refractivity contribution is -0.139. The number of rotatable bonds is 3. The van der Waals surface area contributed by atoms with Gasteiger partial charge in [0.2, 0.25) is 0 Å². The highest BCUT2D eigenvalue weighted by atomic mass is 16.5. The van der Waals surface area contributed by atoms with Gasteiger partial charge in [0.15, 0.2) is 0 Å². The zero-order chi connectivity index (χ0) is 21.2. The molecule has 1 aliphatic carbocycles. The zero-order valence-electron chi connectivity index (χ0n) is 17.2. The summed E-state index contributed by atoms with van der Waals surface area (Å²) in [7, 11) is 2.54. The van der Waals surface area contributed by atoms with E-state index < -0.39 is 17.5 Å². The summed E-state index contributed by atoms with van der Waals surface area (Å²) >= 11 is 0. The highest BCUT2D eigenvalue weighted by Crippen LogP contribution is 2.46. The van der Waals surface area contributed by atoms with E-state index in [1.807, 2.05) is 69.3 Å². The minimum absolute atomic E-state index is 0.0595. The molecule has 0 saturated heterocycles. The molecule has 0 amide bonds. The standard InChI is InChI=1S/C24H23NO4/c1-24(2,3)25-14-19(22(26)28-4)21(23(27)29-5)20-17-12-8-6-10-15(17)16-11-7-9-13-18(16)20/h6-13H,1-5H3. The van der Waals surface area contributed by atoms with Crippen LogP contribution in [0.25, 0.3) is 16.7 Å². The smallest absolute Gasteiger partial charge is 0.348 e. The second-order valence-corrected chi connectivity index (χ2v) is 7.59. The van der Waals surface area contributed by atoms with Gasteiger partial charge in [-0.1, -0.05) is 48.5 Å². The van der Waals surface area contributed by atoms with E-state index in [0.29, 0.717) is 5.57 Å². The van der Waals surface area contributed by atoms with Crippen LogP contribution in [0.2, 0.25) is 0 Å². The van der Waals surface area contributed by atoms with Crippen LogP contribution in [0.1, 0.15) is 31.9 Å². The van der Waals surface area contributed by atoms with Crippen molar-refractivity contribution in [1.29, 1.82) is 0 Å². The van der Waals surface area contributed by atoms with E-state index in [-0.39, 0.29) is 11.1 Å². The average Bonchev–Trinajstić information content (AvgIpc) is 3.03. The summed E-state index contributed by atoms with van der Waals surface area (Å²) in [5, 5.41) is 0. The first-order valence-electron chi connectivity index (χ1n) is 9.23. The van der Waals surface area contributed by atoms with Crippen LogP contribution in [0.4, 0.5) is 0 Å². The van der Waals surface area contributed by atoms with Gasteiger partial charge >= 0.3 is 11.9 Å². The molecule has 0 heterocycles. The Balaban J connectivity index is 2.46. The van der Waals surface area contributed by atoms with Gasteiger partial charge in [-0.25, -0.2) is 14.6 Å². The molecule has 0 atom stereocenters. The number of esters is 2. The Morgan fingerprint density at radius 2 is 1.24 bits per heavy atom. The van der Waals surface area contributed by atoms with Gasteiger partial charge < -0.3 is 9.47 Å². The van der Waals surface area contributed by atoms with Crippen LogP contribution in [-0.2, 0) is 19.1 Å². The maximum Gasteiger partial charge on any atom is 0.348 e. The number of benzene rings is 2. The summed E-state index contributed by atoms with van der Waals surface area (Å²) in [6.07, 6.45) is 0. The van der Waals surface area contributed by atoms with Crippen molar-refractivity contribution in [2.45, 2.75) is 26.3 Å². The van der Waals surface area contributed by atoms with E-state index in [9.17, 15) is 9.59 Å². The molecule has 0 unspecified atom stereocenters.